The summed E-state index contributed by atoms with van der Waals surface area (Å²) < 4.78 is 5.42. The molecule has 1 aromatic carbocycles. The number of rotatable bonds is 5. The van der Waals surface area contributed by atoms with Crippen molar-refractivity contribution in [2.45, 2.75) is 39.7 Å². The Morgan fingerprint density at radius 2 is 1.89 bits per heavy atom. The number of benzene rings is 1. The van der Waals surface area contributed by atoms with Crippen LogP contribution in [-0.4, -0.2) is 26.1 Å². The van der Waals surface area contributed by atoms with Gasteiger partial charge >= 0.3 is 0 Å². The van der Waals surface area contributed by atoms with Crippen LogP contribution in [0.5, 0.6) is 5.75 Å². The molecule has 0 saturated carbocycles. The molecule has 0 N–H and O–H groups in total. The summed E-state index contributed by atoms with van der Waals surface area (Å²) in [7, 11) is 5.85. The quantitative estimate of drug-likeness (QED) is 0.812. The number of nitriles is 1. The lowest BCUT2D eigenvalue weighted by Gasteiger charge is -2.28. The molecule has 0 aliphatic rings. The van der Waals surface area contributed by atoms with E-state index in [0.717, 1.165) is 12.2 Å². The van der Waals surface area contributed by atoms with Gasteiger partial charge in [0.2, 0.25) is 0 Å². The van der Waals surface area contributed by atoms with Crippen molar-refractivity contribution in [3.8, 4) is 11.8 Å². The smallest absolute Gasteiger partial charge is 0.122 e. The van der Waals surface area contributed by atoms with Gasteiger partial charge in [-0.25, -0.2) is 0 Å². The first-order chi connectivity index (χ1) is 8.93. The van der Waals surface area contributed by atoms with E-state index >= 15 is 0 Å². The molecule has 1 atom stereocenters. The van der Waals surface area contributed by atoms with E-state index in [0.29, 0.717) is 6.42 Å². The highest BCUT2D eigenvalue weighted by Crippen LogP contribution is 2.35. The maximum atomic E-state index is 8.83. The van der Waals surface area contributed by atoms with E-state index in [1.54, 1.807) is 7.11 Å². The van der Waals surface area contributed by atoms with Crippen LogP contribution in [0, 0.1) is 32.1 Å². The predicted octanol–water partition coefficient (Wildman–Crippen LogP) is 3.53. The summed E-state index contributed by atoms with van der Waals surface area (Å²) in [5.74, 6) is 0.941. The molecule has 3 nitrogen and oxygen atoms in total. The summed E-state index contributed by atoms with van der Waals surface area (Å²) in [5.41, 5.74) is 5.02. The molecule has 1 unspecified atom stereocenters. The number of nitrogens with zero attached hydrogens (tertiary/aromatic N) is 2. The zero-order chi connectivity index (χ0) is 14.6. The topological polar surface area (TPSA) is 36.3 Å². The lowest BCUT2D eigenvalue weighted by Crippen LogP contribution is -2.22. The summed E-state index contributed by atoms with van der Waals surface area (Å²) in [6.45, 7) is 6.35. The molecule has 0 aliphatic carbocycles. The summed E-state index contributed by atoms with van der Waals surface area (Å²) in [5, 5.41) is 8.83. The Morgan fingerprint density at radius 1 is 1.26 bits per heavy atom. The Bertz CT molecular complexity index is 487. The van der Waals surface area contributed by atoms with Crippen molar-refractivity contribution < 1.29 is 4.74 Å². The van der Waals surface area contributed by atoms with Gasteiger partial charge < -0.3 is 9.64 Å². The summed E-state index contributed by atoms with van der Waals surface area (Å²) in [6.07, 6.45) is 1.43. The number of ether oxygens (including phenoxy) is 1. The van der Waals surface area contributed by atoms with E-state index in [1.165, 1.54) is 22.3 Å². The molecule has 0 amide bonds. The largest absolute Gasteiger partial charge is 0.496 e. The van der Waals surface area contributed by atoms with Gasteiger partial charge in [0.15, 0.2) is 0 Å². The van der Waals surface area contributed by atoms with Crippen LogP contribution in [0.25, 0.3) is 0 Å². The summed E-state index contributed by atoms with van der Waals surface area (Å²) in [4.78, 5) is 2.19. The molecule has 0 fully saturated rings. The minimum atomic E-state index is 0.282. The molecule has 1 rings (SSSR count). The second kappa shape index (κ2) is 6.58. The molecular formula is C16H24N2O. The van der Waals surface area contributed by atoms with Crippen LogP contribution >= 0.6 is 0 Å². The monoisotopic (exact) mass is 260 g/mol. The molecule has 0 radical (unpaired) electrons. The molecule has 3 heteroatoms. The lowest BCUT2D eigenvalue weighted by molar-refractivity contribution is 0.283. The van der Waals surface area contributed by atoms with E-state index in [4.69, 9.17) is 10.00 Å². The van der Waals surface area contributed by atoms with Crippen molar-refractivity contribution in [2.24, 2.45) is 0 Å². The van der Waals surface area contributed by atoms with Crippen molar-refractivity contribution >= 4 is 0 Å². The highest BCUT2D eigenvalue weighted by atomic mass is 16.5. The van der Waals surface area contributed by atoms with E-state index in [-0.39, 0.29) is 6.04 Å². The van der Waals surface area contributed by atoms with Gasteiger partial charge in [0.25, 0.3) is 0 Å². The van der Waals surface area contributed by atoms with Gasteiger partial charge in [0.1, 0.15) is 5.75 Å². The van der Waals surface area contributed by atoms with Crippen molar-refractivity contribution in [3.63, 3.8) is 0 Å². The van der Waals surface area contributed by atoms with Gasteiger partial charge in [0, 0.05) is 12.5 Å². The lowest BCUT2D eigenvalue weighted by atomic mass is 9.89. The molecule has 0 bridgehead atoms. The first-order valence-electron chi connectivity index (χ1n) is 6.62. The first-order valence-corrected chi connectivity index (χ1v) is 6.62. The number of aryl methyl sites for hydroxylation is 1. The Kier molecular flexibility index (Phi) is 5.38. The van der Waals surface area contributed by atoms with Crippen molar-refractivity contribution in [1.82, 2.24) is 4.90 Å². The standard InChI is InChI=1S/C16H24N2O/c1-11-10-15(19-6)12(2)13(3)16(11)14(18(4)5)8-7-9-17/h10,14H,7-8H2,1-6H3. The van der Waals surface area contributed by atoms with Crippen molar-refractivity contribution in [3.05, 3.63) is 28.3 Å². The Morgan fingerprint density at radius 3 is 2.37 bits per heavy atom. The Hall–Kier alpha value is -1.53. The summed E-state index contributed by atoms with van der Waals surface area (Å²) >= 11 is 0. The number of hydrogen-bond acceptors (Lipinski definition) is 3. The molecular weight excluding hydrogens is 236 g/mol. The van der Waals surface area contributed by atoms with Gasteiger partial charge in [-0.2, -0.15) is 5.26 Å². The molecule has 19 heavy (non-hydrogen) atoms. The molecule has 0 saturated heterocycles. The first kappa shape index (κ1) is 15.5. The van der Waals surface area contributed by atoms with E-state index in [9.17, 15) is 0 Å². The summed E-state index contributed by atoms with van der Waals surface area (Å²) in [6, 6.07) is 4.63. The highest BCUT2D eigenvalue weighted by Gasteiger charge is 2.20. The van der Waals surface area contributed by atoms with Crippen LogP contribution in [0.1, 0.15) is 41.1 Å². The average Bonchev–Trinajstić information content (AvgIpc) is 2.37. The third-order valence-electron chi connectivity index (χ3n) is 3.81. The number of methoxy groups -OCH3 is 1. The predicted molar refractivity (Wildman–Crippen MR) is 78.5 cm³/mol. The SMILES string of the molecule is COc1cc(C)c(C(CCC#N)N(C)C)c(C)c1C. The fourth-order valence-corrected chi connectivity index (χ4v) is 2.65. The van der Waals surface area contributed by atoms with E-state index in [2.05, 4.69) is 51.9 Å². The zero-order valence-corrected chi connectivity index (χ0v) is 12.9. The molecule has 0 aromatic heterocycles. The normalized spacial score (nSPS) is 12.3. The minimum absolute atomic E-state index is 0.282. The fraction of sp³-hybridized carbons (Fsp3) is 0.562. The van der Waals surface area contributed by atoms with Gasteiger partial charge in [-0.1, -0.05) is 0 Å². The maximum Gasteiger partial charge on any atom is 0.122 e. The average molecular weight is 260 g/mol. The van der Waals surface area contributed by atoms with Crippen molar-refractivity contribution in [2.75, 3.05) is 21.2 Å². The molecule has 104 valence electrons. The molecule has 0 spiro atoms. The fourth-order valence-electron chi connectivity index (χ4n) is 2.65. The van der Waals surface area contributed by atoms with Gasteiger partial charge in [-0.15, -0.1) is 0 Å². The Labute approximate surface area is 116 Å². The van der Waals surface area contributed by atoms with E-state index in [1.807, 2.05) is 0 Å². The molecule has 0 heterocycles. The molecule has 1 aromatic rings. The van der Waals surface area contributed by atoms with Crippen molar-refractivity contribution in [1.29, 1.82) is 5.26 Å². The number of hydrogen-bond donors (Lipinski definition) is 0. The van der Waals surface area contributed by atoms with Gasteiger partial charge in [-0.05, 0) is 69.6 Å². The van der Waals surface area contributed by atoms with E-state index < -0.39 is 0 Å². The minimum Gasteiger partial charge on any atom is -0.496 e. The third kappa shape index (κ3) is 3.27. The van der Waals surface area contributed by atoms with Crippen LogP contribution in [0.3, 0.4) is 0 Å². The Balaban J connectivity index is 3.31. The molecule has 0 aliphatic heterocycles. The van der Waals surface area contributed by atoms with Crippen LogP contribution in [0.15, 0.2) is 6.07 Å². The second-order valence-corrected chi connectivity index (χ2v) is 5.24. The zero-order valence-electron chi connectivity index (χ0n) is 12.9. The van der Waals surface area contributed by atoms with Crippen LogP contribution < -0.4 is 4.74 Å². The van der Waals surface area contributed by atoms with Gasteiger partial charge in [-0.3, -0.25) is 0 Å². The van der Waals surface area contributed by atoms with Gasteiger partial charge in [0.05, 0.1) is 13.2 Å². The highest BCUT2D eigenvalue weighted by molar-refractivity contribution is 5.49. The third-order valence-corrected chi connectivity index (χ3v) is 3.81. The van der Waals surface area contributed by atoms with Crippen LogP contribution in [-0.2, 0) is 0 Å². The van der Waals surface area contributed by atoms with Crippen LogP contribution in [0.4, 0.5) is 0 Å². The van der Waals surface area contributed by atoms with Crippen LogP contribution in [0.2, 0.25) is 0 Å². The second-order valence-electron chi connectivity index (χ2n) is 5.24. The maximum absolute atomic E-state index is 8.83.